The van der Waals surface area contributed by atoms with Gasteiger partial charge < -0.3 is 19.6 Å². The summed E-state index contributed by atoms with van der Waals surface area (Å²) in [5.74, 6) is -4.47. The molecule has 2 N–H and O–H groups in total. The lowest BCUT2D eigenvalue weighted by Crippen LogP contribution is -2.32. The van der Waals surface area contributed by atoms with Gasteiger partial charge in [0, 0.05) is 11.3 Å². The second-order valence-electron chi connectivity index (χ2n) is 10.6. The van der Waals surface area contributed by atoms with E-state index in [0.717, 1.165) is 30.3 Å². The Labute approximate surface area is 227 Å². The fourth-order valence-electron chi connectivity index (χ4n) is 4.38. The predicted octanol–water partition coefficient (Wildman–Crippen LogP) is 7.88. The number of carboxylic acid groups (broad SMARTS) is 1. The number of carbonyl (C=O) groups excluding carboxylic acids is 1. The Morgan fingerprint density at radius 1 is 0.950 bits per heavy atom. The number of hydrogen-bond acceptors (Lipinski definition) is 4. The third-order valence-corrected chi connectivity index (χ3v) is 7.18. The van der Waals surface area contributed by atoms with E-state index in [-0.39, 0.29) is 22.7 Å². The molecule has 0 radical (unpaired) electrons. The minimum atomic E-state index is -4.99. The molecule has 1 aliphatic rings. The first-order chi connectivity index (χ1) is 18.5. The summed E-state index contributed by atoms with van der Waals surface area (Å²) in [5.41, 5.74) is -3.44. The molecular weight excluding hydrogens is 553 g/mol. The Balaban J connectivity index is 1.86. The molecule has 212 valence electrons. The molecule has 1 saturated carbocycles. The third-order valence-electron chi connectivity index (χ3n) is 6.18. The first-order valence-corrected chi connectivity index (χ1v) is 15.6. The predicted molar refractivity (Wildman–Crippen MR) is 139 cm³/mol. The van der Waals surface area contributed by atoms with E-state index in [1.807, 2.05) is 19.6 Å². The fraction of sp³-hybridized carbons (Fsp3) is 0.286. The van der Waals surface area contributed by atoms with Gasteiger partial charge in [-0.1, -0.05) is 0 Å². The molecule has 1 aliphatic carbocycles. The van der Waals surface area contributed by atoms with Crippen LogP contribution in [0.3, 0.4) is 0 Å². The molecule has 6 nitrogen and oxygen atoms in total. The zero-order valence-corrected chi connectivity index (χ0v) is 23.0. The number of alkyl halides is 3. The molecule has 3 aromatic carbocycles. The van der Waals surface area contributed by atoms with Gasteiger partial charge in [-0.15, -0.1) is 0 Å². The van der Waals surface area contributed by atoms with E-state index < -0.39 is 60.3 Å². The number of ether oxygens (including phenoxy) is 1. The van der Waals surface area contributed by atoms with Crippen LogP contribution in [0.25, 0.3) is 0 Å². The largest absolute Gasteiger partial charge is 0.478 e. The van der Waals surface area contributed by atoms with Crippen LogP contribution in [0.4, 0.5) is 27.6 Å². The quantitative estimate of drug-likeness (QED) is 0.210. The number of rotatable bonds is 8. The zero-order chi connectivity index (χ0) is 29.6. The molecule has 0 aromatic heterocycles. The van der Waals surface area contributed by atoms with Crippen molar-refractivity contribution >= 4 is 25.9 Å². The minimum Gasteiger partial charge on any atom is -0.478 e. The number of carboxylic acids is 1. The van der Waals surface area contributed by atoms with E-state index in [4.69, 9.17) is 14.3 Å². The maximum absolute atomic E-state index is 14.3. The summed E-state index contributed by atoms with van der Waals surface area (Å²) in [5, 5.41) is 11.4. The van der Waals surface area contributed by atoms with Crippen LogP contribution in [0.1, 0.15) is 50.2 Å². The van der Waals surface area contributed by atoms with Crippen LogP contribution in [-0.2, 0) is 16.2 Å². The highest BCUT2D eigenvalue weighted by Crippen LogP contribution is 2.55. The highest BCUT2D eigenvalue weighted by molar-refractivity contribution is 6.69. The number of hydrogen-bond donors (Lipinski definition) is 2. The van der Waals surface area contributed by atoms with Crippen LogP contribution in [0.15, 0.2) is 48.5 Å². The van der Waals surface area contributed by atoms with E-state index in [1.165, 1.54) is 12.1 Å². The van der Waals surface area contributed by atoms with Crippen molar-refractivity contribution < 1.29 is 45.8 Å². The van der Waals surface area contributed by atoms with Crippen molar-refractivity contribution in [2.75, 3.05) is 5.32 Å². The minimum absolute atomic E-state index is 0.129. The Bertz CT molecular complexity index is 1500. The zero-order valence-electron chi connectivity index (χ0n) is 22.0. The van der Waals surface area contributed by atoms with Crippen molar-refractivity contribution in [2.45, 2.75) is 51.2 Å². The average Bonchev–Trinajstić information content (AvgIpc) is 3.59. The topological polar surface area (TPSA) is 84.9 Å². The van der Waals surface area contributed by atoms with Gasteiger partial charge in [-0.2, -0.15) is 13.2 Å². The van der Waals surface area contributed by atoms with Crippen LogP contribution >= 0.6 is 0 Å². The Hall–Kier alpha value is -3.77. The Kier molecular flexibility index (Phi) is 7.54. The number of aryl methyl sites for hydroxylation is 1. The number of anilines is 1. The van der Waals surface area contributed by atoms with Gasteiger partial charge in [-0.3, -0.25) is 4.79 Å². The van der Waals surface area contributed by atoms with Gasteiger partial charge in [-0.05, 0) is 93.5 Å². The van der Waals surface area contributed by atoms with E-state index in [0.29, 0.717) is 24.5 Å². The van der Waals surface area contributed by atoms with Crippen molar-refractivity contribution in [3.63, 3.8) is 0 Å². The van der Waals surface area contributed by atoms with Crippen LogP contribution < -0.4 is 10.1 Å². The van der Waals surface area contributed by atoms with E-state index in [9.17, 15) is 31.5 Å². The lowest BCUT2D eigenvalue weighted by Gasteiger charge is -2.29. The average molecular weight is 580 g/mol. The van der Waals surface area contributed by atoms with Crippen LogP contribution in [0.2, 0.25) is 19.6 Å². The molecule has 40 heavy (non-hydrogen) atoms. The SMILES string of the molecule is Cc1cc(F)ccc1Oc1cc(C(F)(F)F)c(C(=O)Nc2ccc(F)c(C(=O)O)c2)cc1C1(O[Si](C)(C)C)CC1. The second kappa shape index (κ2) is 10.3. The van der Waals surface area contributed by atoms with Gasteiger partial charge in [0.1, 0.15) is 23.1 Å². The van der Waals surface area contributed by atoms with Crippen LogP contribution in [0, 0.1) is 18.6 Å². The van der Waals surface area contributed by atoms with Gasteiger partial charge in [0.2, 0.25) is 0 Å². The molecule has 1 fully saturated rings. The van der Waals surface area contributed by atoms with E-state index in [1.54, 1.807) is 6.92 Å². The maximum Gasteiger partial charge on any atom is 0.417 e. The lowest BCUT2D eigenvalue weighted by atomic mass is 9.97. The summed E-state index contributed by atoms with van der Waals surface area (Å²) in [6.45, 7) is 7.31. The van der Waals surface area contributed by atoms with E-state index in [2.05, 4.69) is 5.32 Å². The molecule has 0 saturated heterocycles. The summed E-state index contributed by atoms with van der Waals surface area (Å²) in [6.07, 6.45) is -4.04. The van der Waals surface area contributed by atoms with Crippen molar-refractivity contribution in [3.8, 4) is 11.5 Å². The van der Waals surface area contributed by atoms with Crippen molar-refractivity contribution in [3.05, 3.63) is 88.0 Å². The summed E-state index contributed by atoms with van der Waals surface area (Å²) in [4.78, 5) is 24.5. The first-order valence-electron chi connectivity index (χ1n) is 12.2. The molecule has 0 unspecified atom stereocenters. The third kappa shape index (κ3) is 6.34. The Morgan fingerprint density at radius 3 is 2.17 bits per heavy atom. The fourth-order valence-corrected chi connectivity index (χ4v) is 5.87. The highest BCUT2D eigenvalue weighted by Gasteiger charge is 2.51. The van der Waals surface area contributed by atoms with Crippen LogP contribution in [0.5, 0.6) is 11.5 Å². The summed E-state index contributed by atoms with van der Waals surface area (Å²) in [7, 11) is -2.24. The van der Waals surface area contributed by atoms with Gasteiger partial charge >= 0.3 is 12.1 Å². The summed E-state index contributed by atoms with van der Waals surface area (Å²) < 4.78 is 82.7. The monoisotopic (exact) mass is 579 g/mol. The number of benzene rings is 3. The maximum atomic E-state index is 14.3. The number of halogens is 5. The summed E-state index contributed by atoms with van der Waals surface area (Å²) >= 11 is 0. The molecule has 0 spiro atoms. The van der Waals surface area contributed by atoms with Gasteiger partial charge in [0.25, 0.3) is 5.91 Å². The molecule has 0 aliphatic heterocycles. The molecule has 0 bridgehead atoms. The van der Waals surface area contributed by atoms with E-state index >= 15 is 0 Å². The number of carbonyl (C=O) groups is 2. The number of aromatic carboxylic acids is 1. The standard InChI is InChI=1S/C28H26F5NO5Si/c1-15-11-16(29)5-8-23(15)38-24-14-20(28(31,32)33)18(13-21(24)27(9-10-27)39-40(2,3)4)25(35)34-17-6-7-22(30)19(12-17)26(36)37/h5-8,11-14H,9-10H2,1-4H3,(H,34,35)(H,36,37). The number of nitrogens with one attached hydrogen (secondary N) is 1. The number of amides is 1. The molecule has 0 heterocycles. The molecule has 4 rings (SSSR count). The molecular formula is C28H26F5NO5Si. The molecule has 3 aromatic rings. The summed E-state index contributed by atoms with van der Waals surface area (Å²) in [6, 6.07) is 8.03. The van der Waals surface area contributed by atoms with Crippen molar-refractivity contribution in [1.82, 2.24) is 0 Å². The van der Waals surface area contributed by atoms with Crippen molar-refractivity contribution in [1.29, 1.82) is 0 Å². The molecule has 0 atom stereocenters. The van der Waals surface area contributed by atoms with Gasteiger partial charge in [0.05, 0.1) is 22.3 Å². The molecule has 12 heteroatoms. The van der Waals surface area contributed by atoms with Crippen molar-refractivity contribution in [2.24, 2.45) is 0 Å². The second-order valence-corrected chi connectivity index (χ2v) is 15.0. The van der Waals surface area contributed by atoms with Gasteiger partial charge in [-0.25, -0.2) is 13.6 Å². The first kappa shape index (κ1) is 29.2. The smallest absolute Gasteiger partial charge is 0.417 e. The Morgan fingerprint density at radius 2 is 1.62 bits per heavy atom. The van der Waals surface area contributed by atoms with Gasteiger partial charge in [0.15, 0.2) is 8.32 Å². The normalized spacial score (nSPS) is 14.5. The lowest BCUT2D eigenvalue weighted by molar-refractivity contribution is -0.138. The highest BCUT2D eigenvalue weighted by atomic mass is 28.4. The molecule has 1 amide bonds. The van der Waals surface area contributed by atoms with Crippen LogP contribution in [-0.4, -0.2) is 25.3 Å².